The second-order valence-corrected chi connectivity index (χ2v) is 10.7. The summed E-state index contributed by atoms with van der Waals surface area (Å²) >= 11 is 0. The van der Waals surface area contributed by atoms with Gasteiger partial charge in [0.15, 0.2) is 0 Å². The fourth-order valence-electron chi connectivity index (χ4n) is 5.17. The molecule has 0 saturated heterocycles. The molecule has 1 N–H and O–H groups in total. The van der Waals surface area contributed by atoms with Gasteiger partial charge in [0.1, 0.15) is 11.6 Å². The summed E-state index contributed by atoms with van der Waals surface area (Å²) in [5.74, 6) is 1.30. The Bertz CT molecular complexity index is 1710. The zero-order valence-electron chi connectivity index (χ0n) is 24.7. The molecule has 8 nitrogen and oxygen atoms in total. The average molecular weight is 577 g/mol. The van der Waals surface area contributed by atoms with E-state index in [-0.39, 0.29) is 6.03 Å². The second-order valence-electron chi connectivity index (χ2n) is 10.7. The molecule has 0 unspecified atom stereocenters. The summed E-state index contributed by atoms with van der Waals surface area (Å²) < 4.78 is 7.23. The normalized spacial score (nSPS) is 11.0. The lowest BCUT2D eigenvalue weighted by atomic mass is 10.0. The van der Waals surface area contributed by atoms with Crippen molar-refractivity contribution in [3.63, 3.8) is 0 Å². The first-order valence-corrected chi connectivity index (χ1v) is 14.4. The number of para-hydroxylation sites is 1. The molecule has 5 rings (SSSR count). The summed E-state index contributed by atoms with van der Waals surface area (Å²) in [7, 11) is 3.53. The van der Waals surface area contributed by atoms with Crippen LogP contribution < -0.4 is 9.64 Å². The summed E-state index contributed by atoms with van der Waals surface area (Å²) in [6.07, 6.45) is 1.59. The third-order valence-electron chi connectivity index (χ3n) is 7.36. The summed E-state index contributed by atoms with van der Waals surface area (Å²) in [6, 6.07) is 31.1. The van der Waals surface area contributed by atoms with E-state index >= 15 is 0 Å². The molecule has 1 aromatic heterocycles. The van der Waals surface area contributed by atoms with Crippen molar-refractivity contribution in [3.8, 4) is 16.9 Å². The van der Waals surface area contributed by atoms with Gasteiger partial charge in [-0.2, -0.15) is 0 Å². The van der Waals surface area contributed by atoms with Crippen molar-refractivity contribution in [1.82, 2.24) is 14.5 Å². The van der Waals surface area contributed by atoms with E-state index in [2.05, 4.69) is 17.6 Å². The van der Waals surface area contributed by atoms with E-state index in [9.17, 15) is 9.59 Å². The number of anilines is 1. The maximum Gasteiger partial charge on any atom is 0.511 e. The Labute approximate surface area is 251 Å². The highest BCUT2D eigenvalue weighted by molar-refractivity contribution is 5.94. The molecule has 0 fully saturated rings. The Morgan fingerprint density at radius 3 is 2.30 bits per heavy atom. The quantitative estimate of drug-likeness (QED) is 0.135. The topological polar surface area (TPSA) is 87.9 Å². The molecule has 4 aromatic carbocycles. The minimum absolute atomic E-state index is 0.0942. The van der Waals surface area contributed by atoms with E-state index in [0.717, 1.165) is 58.5 Å². The molecule has 1 heterocycles. The summed E-state index contributed by atoms with van der Waals surface area (Å²) in [5, 5.41) is 9.13. The van der Waals surface area contributed by atoms with Crippen LogP contribution in [0.5, 0.6) is 5.75 Å². The van der Waals surface area contributed by atoms with Gasteiger partial charge in [-0.15, -0.1) is 0 Å². The third kappa shape index (κ3) is 6.86. The highest BCUT2D eigenvalue weighted by Crippen LogP contribution is 2.31. The fraction of sp³-hybridized carbons (Fsp3) is 0.229. The lowest BCUT2D eigenvalue weighted by Crippen LogP contribution is -2.38. The molecule has 0 saturated carbocycles. The number of fused-ring (bicyclic) bond motifs is 1. The number of rotatable bonds is 10. The van der Waals surface area contributed by atoms with Crippen LogP contribution in [-0.2, 0) is 19.5 Å². The van der Waals surface area contributed by atoms with Crippen LogP contribution in [0.25, 0.3) is 22.2 Å². The number of nitrogens with zero attached hydrogens (tertiary/aromatic N) is 4. The average Bonchev–Trinajstić information content (AvgIpc) is 3.35. The van der Waals surface area contributed by atoms with E-state index in [0.29, 0.717) is 24.4 Å². The number of benzene rings is 4. The molecule has 2 amide bonds. The largest absolute Gasteiger partial charge is 0.511 e. The Balaban J connectivity index is 1.51. The number of imidazole rings is 1. The second kappa shape index (κ2) is 13.2. The number of urea groups is 1. The first-order valence-electron chi connectivity index (χ1n) is 14.4. The van der Waals surface area contributed by atoms with Crippen molar-refractivity contribution < 1.29 is 19.4 Å². The number of aryl methyl sites for hydroxylation is 1. The van der Waals surface area contributed by atoms with Crippen LogP contribution in [0, 0.1) is 0 Å². The number of unbranched alkanes of at least 4 members (excludes halogenated alkanes) is 1. The molecule has 0 atom stereocenters. The standard InChI is InChI=1S/C35H36N4O4/c1-4-5-15-33-36-30-21-20-28(38(34(40)37(2)3)23-25-11-7-6-8-12-25)22-31(30)39(33)24-26-16-18-27(19-17-26)29-13-9-10-14-32(29)43-35(41)42/h6-14,16-22H,4-5,15,23-24H2,1-3H3,(H,41,42). The van der Waals surface area contributed by atoms with Gasteiger partial charge in [-0.25, -0.2) is 14.6 Å². The Morgan fingerprint density at radius 1 is 0.884 bits per heavy atom. The number of amides is 2. The molecule has 0 aliphatic heterocycles. The molecule has 0 spiro atoms. The molecule has 0 aliphatic rings. The van der Waals surface area contributed by atoms with Gasteiger partial charge in [0, 0.05) is 38.3 Å². The Kier molecular flexibility index (Phi) is 9.05. The van der Waals surface area contributed by atoms with Gasteiger partial charge in [0.05, 0.1) is 17.6 Å². The minimum atomic E-state index is -1.34. The smallest absolute Gasteiger partial charge is 0.449 e. The number of carboxylic acid groups (broad SMARTS) is 1. The van der Waals surface area contributed by atoms with Gasteiger partial charge in [-0.1, -0.05) is 86.1 Å². The summed E-state index contributed by atoms with van der Waals surface area (Å²) in [6.45, 7) is 3.23. The molecule has 0 aliphatic carbocycles. The highest BCUT2D eigenvalue weighted by atomic mass is 16.7. The van der Waals surface area contributed by atoms with Crippen LogP contribution in [0.3, 0.4) is 0 Å². The van der Waals surface area contributed by atoms with Crippen molar-refractivity contribution in [2.24, 2.45) is 0 Å². The Hall–Kier alpha value is -5.11. The van der Waals surface area contributed by atoms with Crippen LogP contribution in [0.4, 0.5) is 15.3 Å². The van der Waals surface area contributed by atoms with Gasteiger partial charge in [-0.3, -0.25) is 4.90 Å². The van der Waals surface area contributed by atoms with Crippen molar-refractivity contribution in [2.75, 3.05) is 19.0 Å². The van der Waals surface area contributed by atoms with Gasteiger partial charge in [0.25, 0.3) is 0 Å². The molecular formula is C35H36N4O4. The highest BCUT2D eigenvalue weighted by Gasteiger charge is 2.20. The van der Waals surface area contributed by atoms with E-state index in [1.807, 2.05) is 78.9 Å². The predicted octanol–water partition coefficient (Wildman–Crippen LogP) is 7.84. The molecule has 220 valence electrons. The first kappa shape index (κ1) is 29.4. The molecule has 0 bridgehead atoms. The maximum atomic E-state index is 13.3. The zero-order valence-corrected chi connectivity index (χ0v) is 24.7. The lowest BCUT2D eigenvalue weighted by molar-refractivity contribution is 0.144. The van der Waals surface area contributed by atoms with Crippen LogP contribution in [0.2, 0.25) is 0 Å². The van der Waals surface area contributed by atoms with Crippen LogP contribution in [0.1, 0.15) is 36.7 Å². The van der Waals surface area contributed by atoms with E-state index in [1.54, 1.807) is 36.0 Å². The van der Waals surface area contributed by atoms with Gasteiger partial charge in [-0.05, 0) is 47.4 Å². The molecule has 8 heteroatoms. The zero-order chi connectivity index (χ0) is 30.3. The van der Waals surface area contributed by atoms with E-state index < -0.39 is 6.16 Å². The van der Waals surface area contributed by atoms with Crippen LogP contribution in [-0.4, -0.2) is 45.8 Å². The van der Waals surface area contributed by atoms with E-state index in [4.69, 9.17) is 14.8 Å². The number of ether oxygens (including phenoxy) is 1. The molecule has 43 heavy (non-hydrogen) atoms. The monoisotopic (exact) mass is 576 g/mol. The van der Waals surface area contributed by atoms with Gasteiger partial charge in [0.2, 0.25) is 0 Å². The number of carbonyl (C=O) groups excluding carboxylic acids is 1. The van der Waals surface area contributed by atoms with Crippen molar-refractivity contribution >= 4 is 28.9 Å². The van der Waals surface area contributed by atoms with Crippen molar-refractivity contribution in [2.45, 2.75) is 39.3 Å². The molecule has 5 aromatic rings. The number of aromatic nitrogens is 2. The lowest BCUT2D eigenvalue weighted by Gasteiger charge is -2.26. The van der Waals surface area contributed by atoms with Crippen molar-refractivity contribution in [3.05, 3.63) is 114 Å². The number of hydrogen-bond acceptors (Lipinski definition) is 4. The number of hydrogen-bond donors (Lipinski definition) is 1. The fourth-order valence-corrected chi connectivity index (χ4v) is 5.17. The van der Waals surface area contributed by atoms with Crippen LogP contribution >= 0.6 is 0 Å². The van der Waals surface area contributed by atoms with Crippen molar-refractivity contribution in [1.29, 1.82) is 0 Å². The maximum absolute atomic E-state index is 13.3. The molecule has 0 radical (unpaired) electrons. The third-order valence-corrected chi connectivity index (χ3v) is 7.36. The first-order chi connectivity index (χ1) is 20.8. The van der Waals surface area contributed by atoms with E-state index in [1.165, 1.54) is 0 Å². The summed E-state index contributed by atoms with van der Waals surface area (Å²) in [4.78, 5) is 32.9. The minimum Gasteiger partial charge on any atom is -0.449 e. The molecular weight excluding hydrogens is 540 g/mol. The van der Waals surface area contributed by atoms with Gasteiger partial charge < -0.3 is 19.3 Å². The Morgan fingerprint density at radius 2 is 1.60 bits per heavy atom. The van der Waals surface area contributed by atoms with Crippen LogP contribution in [0.15, 0.2) is 97.1 Å². The SMILES string of the molecule is CCCCc1nc2ccc(N(Cc3ccccc3)C(=O)N(C)C)cc2n1Cc1ccc(-c2ccccc2OC(=O)O)cc1. The van der Waals surface area contributed by atoms with Gasteiger partial charge >= 0.3 is 12.2 Å². The summed E-state index contributed by atoms with van der Waals surface area (Å²) in [5.41, 5.74) is 6.37. The predicted molar refractivity (Wildman–Crippen MR) is 170 cm³/mol. The number of carbonyl (C=O) groups is 2.